The van der Waals surface area contributed by atoms with E-state index in [1.807, 2.05) is 18.2 Å². The largest absolute Gasteiger partial charge is 0.484 e. The van der Waals surface area contributed by atoms with Gasteiger partial charge < -0.3 is 10.1 Å². The number of halogens is 2. The summed E-state index contributed by atoms with van der Waals surface area (Å²) in [6.45, 7) is 1.87. The fourth-order valence-electron chi connectivity index (χ4n) is 1.64. The zero-order chi connectivity index (χ0) is 16.1. The minimum Gasteiger partial charge on any atom is -0.484 e. The lowest BCUT2D eigenvalue weighted by Gasteiger charge is -2.07. The molecule has 22 heavy (non-hydrogen) atoms. The molecule has 0 fully saturated rings. The number of hydrogen-bond donors (Lipinski definition) is 1. The van der Waals surface area contributed by atoms with Gasteiger partial charge in [-0.1, -0.05) is 15.9 Å². The van der Waals surface area contributed by atoms with Crippen LogP contribution in [0.5, 0.6) is 5.75 Å². The Morgan fingerprint density at radius 1 is 1.23 bits per heavy atom. The molecule has 7 heteroatoms. The molecule has 1 amide bonds. The third-order valence-electron chi connectivity index (χ3n) is 2.70. The minimum atomic E-state index is -0.0929. The number of carbonyl (C=O) groups excluding carboxylic acids is 2. The summed E-state index contributed by atoms with van der Waals surface area (Å²) < 4.78 is 7.25. The normalized spacial score (nSPS) is 10.3. The standard InChI is InChI=1S/C15H13Br2NO3S/c1-9(19)18-7-11-3-5-15(22-11)13(20)8-21-14-4-2-10(16)6-12(14)17/h2-6H,7-8H2,1H3,(H,18,19). The van der Waals surface area contributed by atoms with Gasteiger partial charge in [0, 0.05) is 16.3 Å². The molecular weight excluding hydrogens is 434 g/mol. The van der Waals surface area contributed by atoms with Crippen LogP contribution in [0.4, 0.5) is 0 Å². The predicted octanol–water partition coefficient (Wildman–Crippen LogP) is 4.17. The van der Waals surface area contributed by atoms with Crippen molar-refractivity contribution in [2.24, 2.45) is 0 Å². The summed E-state index contributed by atoms with van der Waals surface area (Å²) >= 11 is 8.11. The van der Waals surface area contributed by atoms with Crippen LogP contribution in [0.2, 0.25) is 0 Å². The number of amides is 1. The van der Waals surface area contributed by atoms with Crippen molar-refractivity contribution in [1.82, 2.24) is 5.32 Å². The molecule has 0 saturated heterocycles. The van der Waals surface area contributed by atoms with Crippen molar-refractivity contribution in [3.8, 4) is 5.75 Å². The zero-order valence-corrected chi connectivity index (χ0v) is 15.7. The van der Waals surface area contributed by atoms with Crippen LogP contribution in [0.3, 0.4) is 0 Å². The molecule has 1 heterocycles. The molecule has 2 aromatic rings. The summed E-state index contributed by atoms with van der Waals surface area (Å²) in [5.41, 5.74) is 0. The van der Waals surface area contributed by atoms with Crippen LogP contribution < -0.4 is 10.1 Å². The van der Waals surface area contributed by atoms with Gasteiger partial charge in [0.1, 0.15) is 5.75 Å². The van der Waals surface area contributed by atoms with Gasteiger partial charge in [-0.3, -0.25) is 9.59 Å². The Labute approximate surface area is 149 Å². The van der Waals surface area contributed by atoms with Gasteiger partial charge in [0.2, 0.25) is 11.7 Å². The van der Waals surface area contributed by atoms with Crippen LogP contribution in [0.15, 0.2) is 39.3 Å². The van der Waals surface area contributed by atoms with Gasteiger partial charge in [-0.15, -0.1) is 11.3 Å². The SMILES string of the molecule is CC(=O)NCc1ccc(C(=O)COc2ccc(Br)cc2Br)s1. The Kier molecular flexibility index (Phi) is 6.16. The molecule has 0 aliphatic rings. The van der Waals surface area contributed by atoms with Crippen molar-refractivity contribution in [2.75, 3.05) is 6.61 Å². The maximum atomic E-state index is 12.1. The highest BCUT2D eigenvalue weighted by molar-refractivity contribution is 9.11. The number of hydrogen-bond acceptors (Lipinski definition) is 4. The van der Waals surface area contributed by atoms with Crippen LogP contribution >= 0.6 is 43.2 Å². The van der Waals surface area contributed by atoms with Gasteiger partial charge in [-0.05, 0) is 46.3 Å². The van der Waals surface area contributed by atoms with E-state index in [1.54, 1.807) is 12.1 Å². The Balaban J connectivity index is 1.93. The number of carbonyl (C=O) groups is 2. The van der Waals surface area contributed by atoms with Crippen molar-refractivity contribution < 1.29 is 14.3 Å². The number of nitrogens with one attached hydrogen (secondary N) is 1. The fraction of sp³-hybridized carbons (Fsp3) is 0.200. The van der Waals surface area contributed by atoms with Gasteiger partial charge in [0.15, 0.2) is 6.61 Å². The summed E-state index contributed by atoms with van der Waals surface area (Å²) in [6, 6.07) is 9.09. The molecule has 1 aromatic carbocycles. The van der Waals surface area contributed by atoms with E-state index in [9.17, 15) is 9.59 Å². The Bertz CT molecular complexity index is 700. The van der Waals surface area contributed by atoms with Crippen LogP contribution in [0.25, 0.3) is 0 Å². The third-order valence-corrected chi connectivity index (χ3v) is 4.94. The molecular formula is C15H13Br2NO3S. The number of ether oxygens (including phenoxy) is 1. The van der Waals surface area contributed by atoms with Crippen molar-refractivity contribution in [1.29, 1.82) is 0 Å². The fourth-order valence-corrected chi connectivity index (χ4v) is 3.67. The van der Waals surface area contributed by atoms with E-state index in [4.69, 9.17) is 4.74 Å². The first-order chi connectivity index (χ1) is 10.5. The highest BCUT2D eigenvalue weighted by atomic mass is 79.9. The average Bonchev–Trinajstić information content (AvgIpc) is 2.93. The topological polar surface area (TPSA) is 55.4 Å². The molecule has 0 radical (unpaired) electrons. The predicted molar refractivity (Wildman–Crippen MR) is 93.5 cm³/mol. The monoisotopic (exact) mass is 445 g/mol. The van der Waals surface area contributed by atoms with Gasteiger partial charge >= 0.3 is 0 Å². The summed E-state index contributed by atoms with van der Waals surface area (Å²) in [6.07, 6.45) is 0. The van der Waals surface area contributed by atoms with E-state index in [0.717, 1.165) is 13.8 Å². The van der Waals surface area contributed by atoms with Crippen LogP contribution in [0.1, 0.15) is 21.5 Å². The minimum absolute atomic E-state index is 0.0275. The first kappa shape index (κ1) is 17.2. The van der Waals surface area contributed by atoms with Crippen molar-refractivity contribution in [3.05, 3.63) is 49.0 Å². The Hall–Kier alpha value is -1.18. The number of benzene rings is 1. The second-order valence-electron chi connectivity index (χ2n) is 4.46. The molecule has 0 atom stereocenters. The number of ketones is 1. The highest BCUT2D eigenvalue weighted by Crippen LogP contribution is 2.28. The lowest BCUT2D eigenvalue weighted by atomic mass is 10.3. The molecule has 0 spiro atoms. The van der Waals surface area contributed by atoms with E-state index < -0.39 is 0 Å². The van der Waals surface area contributed by atoms with Crippen LogP contribution in [-0.2, 0) is 11.3 Å². The smallest absolute Gasteiger partial charge is 0.217 e. The molecule has 4 nitrogen and oxygen atoms in total. The van der Waals surface area contributed by atoms with E-state index in [1.165, 1.54) is 18.3 Å². The van der Waals surface area contributed by atoms with E-state index in [0.29, 0.717) is 17.2 Å². The second-order valence-corrected chi connectivity index (χ2v) is 7.40. The first-order valence-corrected chi connectivity index (χ1v) is 8.80. The van der Waals surface area contributed by atoms with Gasteiger partial charge in [0.25, 0.3) is 0 Å². The third kappa shape index (κ3) is 4.93. The molecule has 0 aliphatic heterocycles. The first-order valence-electron chi connectivity index (χ1n) is 6.40. The average molecular weight is 447 g/mol. The Morgan fingerprint density at radius 3 is 2.68 bits per heavy atom. The molecule has 0 unspecified atom stereocenters. The van der Waals surface area contributed by atoms with E-state index >= 15 is 0 Å². The quantitative estimate of drug-likeness (QED) is 0.677. The molecule has 1 N–H and O–H groups in total. The maximum absolute atomic E-state index is 12.1. The van der Waals surface area contributed by atoms with Crippen LogP contribution in [-0.4, -0.2) is 18.3 Å². The lowest BCUT2D eigenvalue weighted by molar-refractivity contribution is -0.119. The van der Waals surface area contributed by atoms with Crippen molar-refractivity contribution >= 4 is 54.9 Å². The second kappa shape index (κ2) is 7.89. The number of Topliss-reactive ketones (excluding diaryl/α,β-unsaturated/α-hetero) is 1. The van der Waals surface area contributed by atoms with Crippen LogP contribution in [0, 0.1) is 0 Å². The molecule has 116 valence electrons. The summed E-state index contributed by atoms with van der Waals surface area (Å²) in [4.78, 5) is 24.5. The highest BCUT2D eigenvalue weighted by Gasteiger charge is 2.11. The molecule has 1 aromatic heterocycles. The van der Waals surface area contributed by atoms with Gasteiger partial charge in [0.05, 0.1) is 15.9 Å². The lowest BCUT2D eigenvalue weighted by Crippen LogP contribution is -2.18. The molecule has 0 bridgehead atoms. The molecule has 2 rings (SSSR count). The van der Waals surface area contributed by atoms with Crippen molar-refractivity contribution in [2.45, 2.75) is 13.5 Å². The summed E-state index contributed by atoms with van der Waals surface area (Å²) in [7, 11) is 0. The van der Waals surface area contributed by atoms with E-state index in [-0.39, 0.29) is 18.3 Å². The van der Waals surface area contributed by atoms with Gasteiger partial charge in [-0.25, -0.2) is 0 Å². The van der Waals surface area contributed by atoms with Crippen molar-refractivity contribution in [3.63, 3.8) is 0 Å². The number of thiophene rings is 1. The summed E-state index contributed by atoms with van der Waals surface area (Å²) in [5, 5.41) is 2.70. The van der Waals surface area contributed by atoms with Gasteiger partial charge in [-0.2, -0.15) is 0 Å². The molecule has 0 saturated carbocycles. The summed E-state index contributed by atoms with van der Waals surface area (Å²) in [5.74, 6) is 0.435. The Morgan fingerprint density at radius 2 is 2.00 bits per heavy atom. The van der Waals surface area contributed by atoms with E-state index in [2.05, 4.69) is 37.2 Å². The maximum Gasteiger partial charge on any atom is 0.217 e. The molecule has 0 aliphatic carbocycles. The zero-order valence-electron chi connectivity index (χ0n) is 11.7. The number of rotatable bonds is 6.